The maximum absolute atomic E-state index is 10.8. The molecule has 0 heterocycles. The van der Waals surface area contributed by atoms with E-state index in [9.17, 15) is 5.11 Å². The highest BCUT2D eigenvalue weighted by Gasteiger charge is 2.37. The Morgan fingerprint density at radius 1 is 1.22 bits per heavy atom. The molecular weight excluding hydrogens is 224 g/mol. The van der Waals surface area contributed by atoms with Gasteiger partial charge in [-0.25, -0.2) is 0 Å². The van der Waals surface area contributed by atoms with Gasteiger partial charge < -0.3 is 9.84 Å². The molecule has 1 fully saturated rings. The first kappa shape index (κ1) is 13.4. The molecule has 1 aliphatic rings. The van der Waals surface area contributed by atoms with Crippen LogP contribution in [-0.2, 0) is 5.60 Å². The summed E-state index contributed by atoms with van der Waals surface area (Å²) < 4.78 is 5.63. The third kappa shape index (κ3) is 2.69. The maximum Gasteiger partial charge on any atom is 0.119 e. The molecule has 1 aromatic rings. The molecule has 0 aromatic heterocycles. The van der Waals surface area contributed by atoms with Gasteiger partial charge in [-0.1, -0.05) is 31.9 Å². The third-order valence-corrected chi connectivity index (χ3v) is 3.99. The molecule has 2 heteroatoms. The molecule has 0 saturated heterocycles. The molecule has 1 aromatic carbocycles. The fourth-order valence-electron chi connectivity index (χ4n) is 2.85. The zero-order chi connectivity index (χ0) is 13.2. The van der Waals surface area contributed by atoms with E-state index in [0.717, 1.165) is 30.6 Å². The highest BCUT2D eigenvalue weighted by atomic mass is 16.5. The Labute approximate surface area is 110 Å². The summed E-state index contributed by atoms with van der Waals surface area (Å²) in [7, 11) is 0. The molecule has 18 heavy (non-hydrogen) atoms. The molecule has 1 N–H and O–H groups in total. The Balaban J connectivity index is 2.17. The van der Waals surface area contributed by atoms with E-state index in [-0.39, 0.29) is 6.10 Å². The maximum atomic E-state index is 10.8. The van der Waals surface area contributed by atoms with Gasteiger partial charge in [-0.3, -0.25) is 0 Å². The van der Waals surface area contributed by atoms with E-state index >= 15 is 0 Å². The second kappa shape index (κ2) is 5.31. The van der Waals surface area contributed by atoms with Crippen LogP contribution in [0, 0.1) is 5.92 Å². The van der Waals surface area contributed by atoms with Crippen molar-refractivity contribution in [2.75, 3.05) is 0 Å². The normalized spacial score (nSPS) is 28.4. The zero-order valence-electron chi connectivity index (χ0n) is 11.6. The van der Waals surface area contributed by atoms with Crippen LogP contribution in [0.25, 0.3) is 0 Å². The van der Waals surface area contributed by atoms with Gasteiger partial charge >= 0.3 is 0 Å². The Morgan fingerprint density at radius 3 is 2.44 bits per heavy atom. The van der Waals surface area contributed by atoms with Crippen molar-refractivity contribution in [3.8, 4) is 5.75 Å². The molecule has 2 atom stereocenters. The molecule has 1 aliphatic carbocycles. The smallest absolute Gasteiger partial charge is 0.119 e. The van der Waals surface area contributed by atoms with E-state index in [1.807, 2.05) is 38.1 Å². The van der Waals surface area contributed by atoms with E-state index in [2.05, 4.69) is 6.92 Å². The second-order valence-corrected chi connectivity index (χ2v) is 5.76. The molecule has 1 saturated carbocycles. The van der Waals surface area contributed by atoms with Crippen LogP contribution >= 0.6 is 0 Å². The van der Waals surface area contributed by atoms with Crippen LogP contribution in [0.5, 0.6) is 5.75 Å². The number of hydrogen-bond donors (Lipinski definition) is 1. The summed E-state index contributed by atoms with van der Waals surface area (Å²) >= 11 is 0. The van der Waals surface area contributed by atoms with Crippen molar-refractivity contribution in [3.63, 3.8) is 0 Å². The van der Waals surface area contributed by atoms with E-state index in [0.29, 0.717) is 5.92 Å². The van der Waals surface area contributed by atoms with Gasteiger partial charge in [0.1, 0.15) is 5.75 Å². The summed E-state index contributed by atoms with van der Waals surface area (Å²) in [6.45, 7) is 6.19. The fraction of sp³-hybridized carbons (Fsp3) is 0.625. The minimum absolute atomic E-state index is 0.188. The van der Waals surface area contributed by atoms with Crippen molar-refractivity contribution >= 4 is 0 Å². The molecule has 0 spiro atoms. The molecule has 100 valence electrons. The van der Waals surface area contributed by atoms with Crippen LogP contribution in [0.4, 0.5) is 0 Å². The average molecular weight is 248 g/mol. The van der Waals surface area contributed by atoms with Crippen molar-refractivity contribution in [2.24, 2.45) is 5.92 Å². The standard InChI is InChI=1S/C16H24O2/c1-12(2)18-15-9-7-14(8-10-15)16(17)11-5-4-6-13(16)3/h7-10,12-13,17H,4-6,11H2,1-3H3. The topological polar surface area (TPSA) is 29.5 Å². The van der Waals surface area contributed by atoms with Crippen LogP contribution in [0.15, 0.2) is 24.3 Å². The van der Waals surface area contributed by atoms with Crippen molar-refractivity contribution in [2.45, 2.75) is 58.2 Å². The molecule has 2 unspecified atom stereocenters. The third-order valence-electron chi connectivity index (χ3n) is 3.99. The number of benzene rings is 1. The number of ether oxygens (including phenoxy) is 1. The van der Waals surface area contributed by atoms with Crippen LogP contribution in [-0.4, -0.2) is 11.2 Å². The molecular formula is C16H24O2. The minimum Gasteiger partial charge on any atom is -0.491 e. The van der Waals surface area contributed by atoms with Gasteiger partial charge in [0.05, 0.1) is 11.7 Å². The lowest BCUT2D eigenvalue weighted by molar-refractivity contribution is -0.0470. The van der Waals surface area contributed by atoms with Crippen molar-refractivity contribution in [1.29, 1.82) is 0 Å². The largest absolute Gasteiger partial charge is 0.491 e. The second-order valence-electron chi connectivity index (χ2n) is 5.76. The van der Waals surface area contributed by atoms with Crippen molar-refractivity contribution in [1.82, 2.24) is 0 Å². The Morgan fingerprint density at radius 2 is 1.89 bits per heavy atom. The van der Waals surface area contributed by atoms with E-state index < -0.39 is 5.60 Å². The van der Waals surface area contributed by atoms with Gasteiger partial charge in [0, 0.05) is 0 Å². The predicted octanol–water partition coefficient (Wildman–Crippen LogP) is 3.87. The lowest BCUT2D eigenvalue weighted by Crippen LogP contribution is -2.36. The molecule has 2 rings (SSSR count). The summed E-state index contributed by atoms with van der Waals surface area (Å²) in [5.41, 5.74) is 0.389. The first-order valence-corrected chi connectivity index (χ1v) is 7.02. The van der Waals surface area contributed by atoms with Crippen LogP contribution < -0.4 is 4.74 Å². The van der Waals surface area contributed by atoms with Gasteiger partial charge in [-0.05, 0) is 50.3 Å². The number of rotatable bonds is 3. The van der Waals surface area contributed by atoms with Crippen LogP contribution in [0.3, 0.4) is 0 Å². The summed E-state index contributed by atoms with van der Waals surface area (Å²) in [6.07, 6.45) is 4.52. The number of aliphatic hydroxyl groups is 1. The summed E-state index contributed by atoms with van der Waals surface area (Å²) in [5.74, 6) is 1.21. The average Bonchev–Trinajstić information content (AvgIpc) is 2.33. The fourth-order valence-corrected chi connectivity index (χ4v) is 2.85. The molecule has 0 radical (unpaired) electrons. The van der Waals surface area contributed by atoms with E-state index in [1.165, 1.54) is 6.42 Å². The first-order chi connectivity index (χ1) is 8.52. The summed E-state index contributed by atoms with van der Waals surface area (Å²) in [5, 5.41) is 10.8. The van der Waals surface area contributed by atoms with Crippen LogP contribution in [0.1, 0.15) is 52.0 Å². The highest BCUT2D eigenvalue weighted by Crippen LogP contribution is 2.41. The first-order valence-electron chi connectivity index (χ1n) is 7.02. The lowest BCUT2D eigenvalue weighted by atomic mass is 9.72. The Hall–Kier alpha value is -1.02. The molecule has 0 aliphatic heterocycles. The number of hydrogen-bond acceptors (Lipinski definition) is 2. The Kier molecular flexibility index (Phi) is 3.96. The predicted molar refractivity (Wildman–Crippen MR) is 73.7 cm³/mol. The SMILES string of the molecule is CC(C)Oc1ccc(C2(O)CCCCC2C)cc1. The van der Waals surface area contributed by atoms with Crippen molar-refractivity contribution < 1.29 is 9.84 Å². The summed E-state index contributed by atoms with van der Waals surface area (Å²) in [4.78, 5) is 0. The van der Waals surface area contributed by atoms with Crippen LogP contribution in [0.2, 0.25) is 0 Å². The van der Waals surface area contributed by atoms with E-state index in [4.69, 9.17) is 4.74 Å². The van der Waals surface area contributed by atoms with Gasteiger partial charge in [-0.15, -0.1) is 0 Å². The van der Waals surface area contributed by atoms with Gasteiger partial charge in [0.2, 0.25) is 0 Å². The molecule has 2 nitrogen and oxygen atoms in total. The molecule has 0 amide bonds. The van der Waals surface area contributed by atoms with Gasteiger partial charge in [0.25, 0.3) is 0 Å². The monoisotopic (exact) mass is 248 g/mol. The quantitative estimate of drug-likeness (QED) is 0.879. The minimum atomic E-state index is -0.644. The van der Waals surface area contributed by atoms with Gasteiger partial charge in [0.15, 0.2) is 0 Å². The molecule has 0 bridgehead atoms. The lowest BCUT2D eigenvalue weighted by Gasteiger charge is -2.38. The van der Waals surface area contributed by atoms with Crippen molar-refractivity contribution in [3.05, 3.63) is 29.8 Å². The zero-order valence-corrected chi connectivity index (χ0v) is 11.6. The Bertz CT molecular complexity index is 383. The van der Waals surface area contributed by atoms with Gasteiger partial charge in [-0.2, -0.15) is 0 Å². The highest BCUT2D eigenvalue weighted by molar-refractivity contribution is 5.31. The summed E-state index contributed by atoms with van der Waals surface area (Å²) in [6, 6.07) is 7.96. The van der Waals surface area contributed by atoms with E-state index in [1.54, 1.807) is 0 Å².